The molecule has 1 atom stereocenters. The monoisotopic (exact) mass is 448 g/mol. The summed E-state index contributed by atoms with van der Waals surface area (Å²) < 4.78 is 11.2. The van der Waals surface area contributed by atoms with Gasteiger partial charge in [0.2, 0.25) is 12.7 Å². The van der Waals surface area contributed by atoms with Crippen molar-refractivity contribution in [2.24, 2.45) is 0 Å². The second kappa shape index (κ2) is 9.36. The average Bonchev–Trinajstić information content (AvgIpc) is 3.31. The minimum absolute atomic E-state index is 0.0157. The second-order valence-electron chi connectivity index (χ2n) is 7.45. The van der Waals surface area contributed by atoms with E-state index in [1.807, 2.05) is 23.1 Å². The van der Waals surface area contributed by atoms with Crippen molar-refractivity contribution >= 4 is 46.2 Å². The number of fused-ring (bicyclic) bond motifs is 1. The number of thioether (sulfide) groups is 1. The third kappa shape index (κ3) is 4.48. The number of amides is 2. The van der Waals surface area contributed by atoms with Gasteiger partial charge < -0.3 is 19.5 Å². The zero-order valence-corrected chi connectivity index (χ0v) is 18.2. The van der Waals surface area contributed by atoms with Gasteiger partial charge in [0.15, 0.2) is 11.5 Å². The molecular weight excluding hydrogens is 424 g/mol. The van der Waals surface area contributed by atoms with E-state index < -0.39 is 0 Å². The van der Waals surface area contributed by atoms with Gasteiger partial charge in [-0.3, -0.25) is 14.5 Å². The van der Waals surface area contributed by atoms with E-state index in [2.05, 4.69) is 0 Å². The van der Waals surface area contributed by atoms with Crippen LogP contribution in [-0.4, -0.2) is 63.6 Å². The molecule has 2 saturated heterocycles. The molecule has 1 aromatic rings. The first kappa shape index (κ1) is 21.1. The molecule has 0 spiro atoms. The summed E-state index contributed by atoms with van der Waals surface area (Å²) in [7, 11) is 0. The first-order chi connectivity index (χ1) is 14.6. The Labute approximate surface area is 185 Å². The Morgan fingerprint density at radius 2 is 2.13 bits per heavy atom. The smallest absolute Gasteiger partial charge is 0.266 e. The van der Waals surface area contributed by atoms with Crippen molar-refractivity contribution < 1.29 is 24.2 Å². The molecule has 2 amide bonds. The molecule has 4 rings (SSSR count). The van der Waals surface area contributed by atoms with E-state index in [1.165, 1.54) is 16.7 Å². The number of aliphatic hydroxyl groups is 1. The van der Waals surface area contributed by atoms with Gasteiger partial charge in [-0.1, -0.05) is 30.0 Å². The zero-order chi connectivity index (χ0) is 21.1. The summed E-state index contributed by atoms with van der Waals surface area (Å²) in [6.45, 7) is 1.26. The lowest BCUT2D eigenvalue weighted by atomic mass is 9.99. The number of hydrogen-bond acceptors (Lipinski definition) is 7. The van der Waals surface area contributed by atoms with Gasteiger partial charge in [-0.05, 0) is 49.5 Å². The maximum atomic E-state index is 12.8. The van der Waals surface area contributed by atoms with Crippen molar-refractivity contribution in [1.29, 1.82) is 0 Å². The number of aliphatic hydroxyl groups excluding tert-OH is 1. The number of carbonyl (C=O) groups excluding carboxylic acids is 2. The number of likely N-dealkylation sites (tertiary alicyclic amines) is 1. The number of thiocarbonyl (C=S) groups is 1. The highest BCUT2D eigenvalue weighted by molar-refractivity contribution is 8.26. The molecule has 160 valence electrons. The van der Waals surface area contributed by atoms with Gasteiger partial charge in [-0.2, -0.15) is 0 Å². The molecule has 3 aliphatic heterocycles. The molecule has 9 heteroatoms. The fourth-order valence-electron chi connectivity index (χ4n) is 3.98. The van der Waals surface area contributed by atoms with Gasteiger partial charge in [-0.15, -0.1) is 0 Å². The molecule has 3 aliphatic rings. The number of carbonyl (C=O) groups is 2. The molecule has 0 aromatic heterocycles. The molecule has 0 aliphatic carbocycles. The Morgan fingerprint density at radius 1 is 1.30 bits per heavy atom. The predicted molar refractivity (Wildman–Crippen MR) is 118 cm³/mol. The highest BCUT2D eigenvalue weighted by atomic mass is 32.2. The zero-order valence-electron chi connectivity index (χ0n) is 16.5. The van der Waals surface area contributed by atoms with Crippen LogP contribution in [0.3, 0.4) is 0 Å². The minimum Gasteiger partial charge on any atom is -0.454 e. The topological polar surface area (TPSA) is 79.3 Å². The SMILES string of the molecule is O=C1C(=Cc2ccc3c(c2)OCO3)SC(=S)N1CCC(=O)N1CCCCC1CCO. The molecule has 3 heterocycles. The predicted octanol–water partition coefficient (Wildman–Crippen LogP) is 2.77. The van der Waals surface area contributed by atoms with Crippen molar-refractivity contribution in [3.8, 4) is 11.5 Å². The summed E-state index contributed by atoms with van der Waals surface area (Å²) in [5, 5.41) is 9.26. The molecule has 30 heavy (non-hydrogen) atoms. The van der Waals surface area contributed by atoms with Gasteiger partial charge in [0, 0.05) is 32.2 Å². The van der Waals surface area contributed by atoms with Crippen LogP contribution in [0.5, 0.6) is 11.5 Å². The van der Waals surface area contributed by atoms with Crippen LogP contribution in [0.2, 0.25) is 0 Å². The van der Waals surface area contributed by atoms with Crippen LogP contribution in [-0.2, 0) is 9.59 Å². The third-order valence-electron chi connectivity index (χ3n) is 5.53. The Kier molecular flexibility index (Phi) is 6.60. The van der Waals surface area contributed by atoms with Crippen LogP contribution >= 0.6 is 24.0 Å². The van der Waals surface area contributed by atoms with Gasteiger partial charge in [0.1, 0.15) is 4.32 Å². The van der Waals surface area contributed by atoms with Gasteiger partial charge in [-0.25, -0.2) is 0 Å². The third-order valence-corrected chi connectivity index (χ3v) is 6.90. The van der Waals surface area contributed by atoms with Crippen LogP contribution in [0.4, 0.5) is 0 Å². The first-order valence-electron chi connectivity index (χ1n) is 10.1. The Bertz CT molecular complexity index is 886. The Balaban J connectivity index is 1.39. The standard InChI is InChI=1S/C21H24N2O5S2/c24-10-7-15-3-1-2-8-22(15)19(25)6-9-23-20(26)18(30-21(23)29)12-14-4-5-16-17(11-14)28-13-27-16/h4-5,11-12,15,24H,1-3,6-10,13H2. The Hall–Kier alpha value is -2.10. The van der Waals surface area contributed by atoms with Crippen molar-refractivity contribution in [3.05, 3.63) is 28.7 Å². The highest BCUT2D eigenvalue weighted by Crippen LogP contribution is 2.36. The average molecular weight is 449 g/mol. The summed E-state index contributed by atoms with van der Waals surface area (Å²) in [6.07, 6.45) is 5.59. The molecule has 0 saturated carbocycles. The van der Waals surface area contributed by atoms with E-state index in [0.717, 1.165) is 24.8 Å². The van der Waals surface area contributed by atoms with Crippen LogP contribution < -0.4 is 9.47 Å². The Morgan fingerprint density at radius 3 is 2.97 bits per heavy atom. The maximum Gasteiger partial charge on any atom is 0.266 e. The molecule has 0 radical (unpaired) electrons. The fourth-order valence-corrected chi connectivity index (χ4v) is 5.28. The summed E-state index contributed by atoms with van der Waals surface area (Å²) in [5.41, 5.74) is 0.830. The van der Waals surface area contributed by atoms with Crippen molar-refractivity contribution in [1.82, 2.24) is 9.80 Å². The van der Waals surface area contributed by atoms with E-state index in [4.69, 9.17) is 21.7 Å². The molecule has 1 aromatic carbocycles. The molecule has 1 N–H and O–H groups in total. The lowest BCUT2D eigenvalue weighted by Crippen LogP contribution is -2.45. The summed E-state index contributed by atoms with van der Waals surface area (Å²) in [4.78, 5) is 29.5. The van der Waals surface area contributed by atoms with E-state index in [-0.39, 0.29) is 44.2 Å². The first-order valence-corrected chi connectivity index (χ1v) is 11.3. The van der Waals surface area contributed by atoms with Crippen LogP contribution in [0.1, 0.15) is 37.7 Å². The van der Waals surface area contributed by atoms with Gasteiger partial charge in [0.25, 0.3) is 5.91 Å². The molecule has 0 bridgehead atoms. The number of piperidine rings is 1. The van der Waals surface area contributed by atoms with E-state index in [0.29, 0.717) is 33.7 Å². The minimum atomic E-state index is -0.180. The summed E-state index contributed by atoms with van der Waals surface area (Å²) in [6, 6.07) is 5.60. The maximum absolute atomic E-state index is 12.8. The number of benzene rings is 1. The van der Waals surface area contributed by atoms with Crippen molar-refractivity contribution in [2.45, 2.75) is 38.1 Å². The molecule has 2 fully saturated rings. The summed E-state index contributed by atoms with van der Waals surface area (Å²) in [5.74, 6) is 1.18. The fraction of sp³-hybridized carbons (Fsp3) is 0.476. The molecule has 7 nitrogen and oxygen atoms in total. The van der Waals surface area contributed by atoms with E-state index >= 15 is 0 Å². The number of nitrogens with zero attached hydrogens (tertiary/aromatic N) is 2. The van der Waals surface area contributed by atoms with Crippen molar-refractivity contribution in [3.63, 3.8) is 0 Å². The lowest BCUT2D eigenvalue weighted by molar-refractivity contribution is -0.135. The number of hydrogen-bond donors (Lipinski definition) is 1. The van der Waals surface area contributed by atoms with Crippen LogP contribution in [0.25, 0.3) is 6.08 Å². The van der Waals surface area contributed by atoms with Crippen LogP contribution in [0.15, 0.2) is 23.1 Å². The quantitative estimate of drug-likeness (QED) is 0.530. The molecular formula is C21H24N2O5S2. The van der Waals surface area contributed by atoms with Gasteiger partial charge >= 0.3 is 0 Å². The van der Waals surface area contributed by atoms with Crippen LogP contribution in [0, 0.1) is 0 Å². The largest absolute Gasteiger partial charge is 0.454 e. The number of rotatable bonds is 6. The highest BCUT2D eigenvalue weighted by Gasteiger charge is 2.33. The second-order valence-corrected chi connectivity index (χ2v) is 9.12. The normalized spacial score (nSPS) is 22.3. The lowest BCUT2D eigenvalue weighted by Gasteiger charge is -2.36. The summed E-state index contributed by atoms with van der Waals surface area (Å²) >= 11 is 6.63. The van der Waals surface area contributed by atoms with Crippen molar-refractivity contribution in [2.75, 3.05) is 26.5 Å². The molecule has 1 unspecified atom stereocenters. The number of ether oxygens (including phenoxy) is 2. The van der Waals surface area contributed by atoms with Gasteiger partial charge in [0.05, 0.1) is 4.91 Å². The van der Waals surface area contributed by atoms with E-state index in [9.17, 15) is 14.7 Å². The van der Waals surface area contributed by atoms with E-state index in [1.54, 1.807) is 6.08 Å².